The minimum Gasteiger partial charge on any atom is -0.444 e. The molecule has 2 aromatic rings. The second kappa shape index (κ2) is 6.78. The molecule has 0 N–H and O–H groups in total. The molecule has 0 unspecified atom stereocenters. The summed E-state index contributed by atoms with van der Waals surface area (Å²) in [6, 6.07) is 0.135. The topological polar surface area (TPSA) is 60.2 Å². The molecule has 8 heteroatoms. The van der Waals surface area contributed by atoms with E-state index in [1.807, 2.05) is 31.6 Å². The highest BCUT2D eigenvalue weighted by atomic mass is 127. The fraction of sp³-hybridized carbons (Fsp3) is 0.562. The van der Waals surface area contributed by atoms with Gasteiger partial charge in [-0.2, -0.15) is 5.10 Å². The molecular weight excluding hydrogens is 487 g/mol. The minimum absolute atomic E-state index is 0.135. The average molecular weight is 507 g/mol. The van der Waals surface area contributed by atoms with Gasteiger partial charge in [0.2, 0.25) is 0 Å². The fourth-order valence-corrected chi connectivity index (χ4v) is 4.06. The van der Waals surface area contributed by atoms with Crippen LogP contribution in [0.5, 0.6) is 0 Å². The van der Waals surface area contributed by atoms with Crippen molar-refractivity contribution in [2.45, 2.75) is 45.3 Å². The number of amides is 1. The number of carbonyl (C=O) groups is 1. The summed E-state index contributed by atoms with van der Waals surface area (Å²) in [7, 11) is 0. The molecular formula is C16H20BrIN4O2. The Labute approximate surface area is 163 Å². The summed E-state index contributed by atoms with van der Waals surface area (Å²) in [4.78, 5) is 18.4. The molecule has 3 heterocycles. The van der Waals surface area contributed by atoms with Crippen LogP contribution in [0.4, 0.5) is 4.79 Å². The van der Waals surface area contributed by atoms with Crippen LogP contribution in [0.1, 0.15) is 39.7 Å². The lowest BCUT2D eigenvalue weighted by Crippen LogP contribution is -2.43. The number of fused-ring (bicyclic) bond motifs is 1. The van der Waals surface area contributed by atoms with E-state index in [0.29, 0.717) is 6.54 Å². The molecule has 1 amide bonds. The van der Waals surface area contributed by atoms with Crippen molar-refractivity contribution in [2.24, 2.45) is 0 Å². The Hall–Kier alpha value is -0.900. The third-order valence-electron chi connectivity index (χ3n) is 3.91. The van der Waals surface area contributed by atoms with Crippen molar-refractivity contribution < 1.29 is 9.53 Å². The summed E-state index contributed by atoms with van der Waals surface area (Å²) in [5, 5.41) is 5.72. The predicted molar refractivity (Wildman–Crippen MR) is 104 cm³/mol. The number of ether oxygens (including phenoxy) is 1. The van der Waals surface area contributed by atoms with Gasteiger partial charge in [0.25, 0.3) is 0 Å². The molecule has 0 saturated carbocycles. The molecule has 130 valence electrons. The Kier molecular flexibility index (Phi) is 5.06. The van der Waals surface area contributed by atoms with E-state index in [1.165, 1.54) is 0 Å². The van der Waals surface area contributed by atoms with E-state index in [-0.39, 0.29) is 12.1 Å². The molecule has 1 aliphatic heterocycles. The maximum Gasteiger partial charge on any atom is 0.410 e. The largest absolute Gasteiger partial charge is 0.444 e. The Bertz CT molecular complexity index is 771. The summed E-state index contributed by atoms with van der Waals surface area (Å²) in [6.45, 7) is 7.00. The molecule has 1 aliphatic rings. The van der Waals surface area contributed by atoms with Crippen LogP contribution in [-0.4, -0.2) is 44.4 Å². The Morgan fingerprint density at radius 1 is 1.42 bits per heavy atom. The van der Waals surface area contributed by atoms with E-state index in [1.54, 1.807) is 11.1 Å². The second-order valence-electron chi connectivity index (χ2n) is 6.98. The Balaban J connectivity index is 1.87. The lowest BCUT2D eigenvalue weighted by atomic mass is 10.1. The quantitative estimate of drug-likeness (QED) is 0.539. The normalized spacial score (nSPS) is 18.9. The smallest absolute Gasteiger partial charge is 0.410 e. The Morgan fingerprint density at radius 3 is 2.88 bits per heavy atom. The third kappa shape index (κ3) is 3.68. The van der Waals surface area contributed by atoms with Crippen molar-refractivity contribution in [1.29, 1.82) is 0 Å². The van der Waals surface area contributed by atoms with Crippen LogP contribution in [0.15, 0.2) is 16.9 Å². The lowest BCUT2D eigenvalue weighted by Gasteiger charge is -2.34. The average Bonchev–Trinajstić information content (AvgIpc) is 2.84. The first-order valence-corrected chi connectivity index (χ1v) is 9.78. The second-order valence-corrected chi connectivity index (χ2v) is 8.85. The van der Waals surface area contributed by atoms with Gasteiger partial charge in [-0.25, -0.2) is 4.79 Å². The van der Waals surface area contributed by atoms with Gasteiger partial charge in [-0.15, -0.1) is 0 Å². The molecule has 24 heavy (non-hydrogen) atoms. The lowest BCUT2D eigenvalue weighted by molar-refractivity contribution is 0.0169. The number of hydrogen-bond acceptors (Lipinski definition) is 4. The SMILES string of the molecule is CC(C)(C)OC(=O)N1CCC[C@@H](n2nc(I)c3cncc(Br)c32)C1. The molecule has 1 atom stereocenters. The highest BCUT2D eigenvalue weighted by Crippen LogP contribution is 2.32. The maximum atomic E-state index is 12.4. The first-order valence-electron chi connectivity index (χ1n) is 7.91. The maximum absolute atomic E-state index is 12.4. The summed E-state index contributed by atoms with van der Waals surface area (Å²) in [5.41, 5.74) is 0.553. The number of hydrogen-bond donors (Lipinski definition) is 0. The van der Waals surface area contributed by atoms with Gasteiger partial charge < -0.3 is 9.64 Å². The zero-order chi connectivity index (χ0) is 17.5. The number of rotatable bonds is 1. The molecule has 3 rings (SSSR count). The zero-order valence-electron chi connectivity index (χ0n) is 13.9. The minimum atomic E-state index is -0.480. The van der Waals surface area contributed by atoms with Crippen molar-refractivity contribution in [1.82, 2.24) is 19.7 Å². The van der Waals surface area contributed by atoms with Gasteiger partial charge in [0.1, 0.15) is 9.30 Å². The number of aromatic nitrogens is 3. The van der Waals surface area contributed by atoms with Crippen LogP contribution in [-0.2, 0) is 4.74 Å². The van der Waals surface area contributed by atoms with Crippen molar-refractivity contribution in [3.8, 4) is 0 Å². The molecule has 0 bridgehead atoms. The number of nitrogens with zero attached hydrogens (tertiary/aromatic N) is 4. The number of carbonyl (C=O) groups excluding carboxylic acids is 1. The van der Waals surface area contributed by atoms with E-state index in [4.69, 9.17) is 9.84 Å². The summed E-state index contributed by atoms with van der Waals surface area (Å²) >= 11 is 5.81. The molecule has 0 aromatic carbocycles. The van der Waals surface area contributed by atoms with Crippen LogP contribution < -0.4 is 0 Å². The molecule has 0 aliphatic carbocycles. The molecule has 1 saturated heterocycles. The molecule has 0 spiro atoms. The summed E-state index contributed by atoms with van der Waals surface area (Å²) < 4.78 is 9.38. The molecule has 1 fully saturated rings. The molecule has 6 nitrogen and oxygen atoms in total. The van der Waals surface area contributed by atoms with Gasteiger partial charge in [0, 0.05) is 25.5 Å². The van der Waals surface area contributed by atoms with Gasteiger partial charge in [-0.3, -0.25) is 9.67 Å². The van der Waals surface area contributed by atoms with Gasteiger partial charge >= 0.3 is 6.09 Å². The number of halogens is 2. The Morgan fingerprint density at radius 2 is 2.17 bits per heavy atom. The van der Waals surface area contributed by atoms with Crippen LogP contribution in [0.2, 0.25) is 0 Å². The van der Waals surface area contributed by atoms with Crippen molar-refractivity contribution >= 4 is 55.5 Å². The van der Waals surface area contributed by atoms with Gasteiger partial charge in [0.15, 0.2) is 0 Å². The number of pyridine rings is 1. The van der Waals surface area contributed by atoms with E-state index in [2.05, 4.69) is 43.5 Å². The van der Waals surface area contributed by atoms with Crippen LogP contribution in [0.25, 0.3) is 10.9 Å². The number of piperidine rings is 1. The van der Waals surface area contributed by atoms with Crippen LogP contribution >= 0.6 is 38.5 Å². The molecule has 2 aromatic heterocycles. The first kappa shape index (κ1) is 17.9. The number of likely N-dealkylation sites (tertiary alicyclic amines) is 1. The molecule has 0 radical (unpaired) electrons. The fourth-order valence-electron chi connectivity index (χ4n) is 2.92. The van der Waals surface area contributed by atoms with Crippen LogP contribution in [0.3, 0.4) is 0 Å². The summed E-state index contributed by atoms with van der Waals surface area (Å²) in [6.07, 6.45) is 5.29. The van der Waals surface area contributed by atoms with Gasteiger partial charge in [-0.05, 0) is 72.1 Å². The highest BCUT2D eigenvalue weighted by molar-refractivity contribution is 14.1. The van der Waals surface area contributed by atoms with Gasteiger partial charge in [0.05, 0.1) is 21.4 Å². The van der Waals surface area contributed by atoms with Crippen molar-refractivity contribution in [3.63, 3.8) is 0 Å². The van der Waals surface area contributed by atoms with E-state index in [0.717, 1.165) is 38.5 Å². The first-order chi connectivity index (χ1) is 11.3. The highest BCUT2D eigenvalue weighted by Gasteiger charge is 2.30. The van der Waals surface area contributed by atoms with Crippen LogP contribution in [0, 0.1) is 3.70 Å². The third-order valence-corrected chi connectivity index (χ3v) is 5.29. The van der Waals surface area contributed by atoms with Crippen molar-refractivity contribution in [3.05, 3.63) is 20.6 Å². The van der Waals surface area contributed by atoms with E-state index in [9.17, 15) is 4.79 Å². The zero-order valence-corrected chi connectivity index (χ0v) is 17.7. The van der Waals surface area contributed by atoms with Gasteiger partial charge in [-0.1, -0.05) is 0 Å². The predicted octanol–water partition coefficient (Wildman–Crippen LogP) is 4.37. The van der Waals surface area contributed by atoms with Crippen molar-refractivity contribution in [2.75, 3.05) is 13.1 Å². The van der Waals surface area contributed by atoms with E-state index >= 15 is 0 Å². The monoisotopic (exact) mass is 506 g/mol. The standard InChI is InChI=1S/C16H20BrIN4O2/c1-16(2,3)24-15(23)21-6-4-5-10(9-21)22-13-11(14(18)20-22)7-19-8-12(13)17/h7-8,10H,4-6,9H2,1-3H3/t10-/m1/s1. The summed E-state index contributed by atoms with van der Waals surface area (Å²) in [5.74, 6) is 0. The van der Waals surface area contributed by atoms with E-state index < -0.39 is 5.60 Å².